The minimum atomic E-state index is -0.366. The van der Waals surface area contributed by atoms with E-state index in [0.29, 0.717) is 12.3 Å². The van der Waals surface area contributed by atoms with E-state index in [4.69, 9.17) is 4.74 Å². The number of hydrogen-bond donors (Lipinski definition) is 0. The zero-order chi connectivity index (χ0) is 10.4. The molecule has 0 aromatic carbocycles. The molecule has 1 rings (SSSR count). The maximum atomic E-state index is 10.9. The topological polar surface area (TPSA) is 52.1 Å². The molecule has 14 heavy (non-hydrogen) atoms. The van der Waals surface area contributed by atoms with Crippen molar-refractivity contribution in [3.05, 3.63) is 29.6 Å². The molecular formula is C10H12N2O2. The minimum Gasteiger partial charge on any atom is -0.463 e. The van der Waals surface area contributed by atoms with Gasteiger partial charge in [0, 0.05) is 6.08 Å². The summed E-state index contributed by atoms with van der Waals surface area (Å²) in [7, 11) is 0. The molecule has 0 spiro atoms. The number of esters is 1. The number of aryl methyl sites for hydroxylation is 1. The number of hydrogen-bond acceptors (Lipinski definition) is 4. The second-order valence-corrected chi connectivity index (χ2v) is 2.68. The molecule has 4 heteroatoms. The van der Waals surface area contributed by atoms with Crippen molar-refractivity contribution in [1.29, 1.82) is 0 Å². The van der Waals surface area contributed by atoms with Crippen LogP contribution < -0.4 is 0 Å². The third-order valence-electron chi connectivity index (χ3n) is 1.50. The lowest BCUT2D eigenvalue weighted by Crippen LogP contribution is -1.99. The zero-order valence-corrected chi connectivity index (χ0v) is 8.23. The highest BCUT2D eigenvalue weighted by atomic mass is 16.5. The van der Waals surface area contributed by atoms with E-state index in [1.54, 1.807) is 19.1 Å². The minimum absolute atomic E-state index is 0.366. The van der Waals surface area contributed by atoms with Crippen molar-refractivity contribution in [3.63, 3.8) is 0 Å². The summed E-state index contributed by atoms with van der Waals surface area (Å²) >= 11 is 0. The van der Waals surface area contributed by atoms with Crippen molar-refractivity contribution >= 4 is 12.0 Å². The van der Waals surface area contributed by atoms with Crippen LogP contribution in [-0.4, -0.2) is 22.8 Å². The number of nitrogens with zero attached hydrogens (tertiary/aromatic N) is 2. The van der Waals surface area contributed by atoms with Crippen molar-refractivity contribution in [2.24, 2.45) is 0 Å². The quantitative estimate of drug-likeness (QED) is 0.536. The van der Waals surface area contributed by atoms with E-state index in [0.717, 1.165) is 5.69 Å². The van der Waals surface area contributed by atoms with Gasteiger partial charge in [0.1, 0.15) is 0 Å². The average molecular weight is 192 g/mol. The lowest BCUT2D eigenvalue weighted by Gasteiger charge is -1.94. The molecule has 0 amide bonds. The molecule has 0 aliphatic rings. The van der Waals surface area contributed by atoms with E-state index in [-0.39, 0.29) is 5.97 Å². The van der Waals surface area contributed by atoms with Gasteiger partial charge in [-0.25, -0.2) is 4.79 Å². The number of carbonyl (C=O) groups excluding carboxylic acids is 1. The molecule has 74 valence electrons. The van der Waals surface area contributed by atoms with E-state index >= 15 is 0 Å². The van der Waals surface area contributed by atoms with Gasteiger partial charge in [-0.05, 0) is 32.1 Å². The van der Waals surface area contributed by atoms with Crippen LogP contribution in [0.15, 0.2) is 18.2 Å². The Morgan fingerprint density at radius 3 is 2.86 bits per heavy atom. The highest BCUT2D eigenvalue weighted by molar-refractivity contribution is 5.86. The molecule has 0 aliphatic heterocycles. The van der Waals surface area contributed by atoms with Crippen molar-refractivity contribution in [1.82, 2.24) is 10.2 Å². The van der Waals surface area contributed by atoms with Crippen molar-refractivity contribution < 1.29 is 9.53 Å². The van der Waals surface area contributed by atoms with Gasteiger partial charge in [-0.3, -0.25) is 0 Å². The highest BCUT2D eigenvalue weighted by Gasteiger charge is 1.94. The van der Waals surface area contributed by atoms with Crippen LogP contribution >= 0.6 is 0 Å². The van der Waals surface area contributed by atoms with Gasteiger partial charge in [0.25, 0.3) is 0 Å². The first kappa shape index (κ1) is 10.4. The molecular weight excluding hydrogens is 180 g/mol. The Bertz CT molecular complexity index is 330. The van der Waals surface area contributed by atoms with Gasteiger partial charge in [0.05, 0.1) is 18.0 Å². The van der Waals surface area contributed by atoms with Crippen LogP contribution in [0.4, 0.5) is 0 Å². The Morgan fingerprint density at radius 1 is 1.50 bits per heavy atom. The largest absolute Gasteiger partial charge is 0.463 e. The van der Waals surface area contributed by atoms with E-state index in [1.165, 1.54) is 6.08 Å². The van der Waals surface area contributed by atoms with Crippen LogP contribution in [-0.2, 0) is 9.53 Å². The summed E-state index contributed by atoms with van der Waals surface area (Å²) in [6, 6.07) is 3.62. The maximum absolute atomic E-state index is 10.9. The Hall–Kier alpha value is -1.71. The summed E-state index contributed by atoms with van der Waals surface area (Å²) in [5, 5.41) is 7.72. The van der Waals surface area contributed by atoms with E-state index in [9.17, 15) is 4.79 Å². The van der Waals surface area contributed by atoms with Crippen LogP contribution in [0.1, 0.15) is 18.3 Å². The number of ether oxygens (including phenoxy) is 1. The number of rotatable bonds is 3. The fourth-order valence-corrected chi connectivity index (χ4v) is 0.842. The number of carbonyl (C=O) groups is 1. The summed E-state index contributed by atoms with van der Waals surface area (Å²) < 4.78 is 4.71. The maximum Gasteiger partial charge on any atom is 0.330 e. The monoisotopic (exact) mass is 192 g/mol. The molecule has 0 aliphatic carbocycles. The van der Waals surface area contributed by atoms with Crippen molar-refractivity contribution in [2.75, 3.05) is 6.61 Å². The Balaban J connectivity index is 2.60. The van der Waals surface area contributed by atoms with E-state index < -0.39 is 0 Å². The Labute approximate surface area is 82.6 Å². The Morgan fingerprint density at radius 2 is 2.29 bits per heavy atom. The van der Waals surface area contributed by atoms with Gasteiger partial charge in [0.2, 0.25) is 0 Å². The zero-order valence-electron chi connectivity index (χ0n) is 8.23. The second kappa shape index (κ2) is 5.11. The molecule has 0 radical (unpaired) electrons. The van der Waals surface area contributed by atoms with Crippen LogP contribution in [0.25, 0.3) is 6.08 Å². The van der Waals surface area contributed by atoms with E-state index in [2.05, 4.69) is 10.2 Å². The van der Waals surface area contributed by atoms with Crippen LogP contribution in [0.2, 0.25) is 0 Å². The van der Waals surface area contributed by atoms with Crippen molar-refractivity contribution in [2.45, 2.75) is 13.8 Å². The first-order valence-electron chi connectivity index (χ1n) is 4.37. The molecule has 1 heterocycles. The molecule has 0 bridgehead atoms. The predicted molar refractivity (Wildman–Crippen MR) is 52.4 cm³/mol. The summed E-state index contributed by atoms with van der Waals surface area (Å²) in [6.07, 6.45) is 2.91. The second-order valence-electron chi connectivity index (χ2n) is 2.68. The molecule has 0 fully saturated rings. The van der Waals surface area contributed by atoms with E-state index in [1.807, 2.05) is 13.0 Å². The molecule has 1 aromatic rings. The summed E-state index contributed by atoms with van der Waals surface area (Å²) in [5.74, 6) is -0.366. The van der Waals surface area contributed by atoms with Crippen LogP contribution in [0.5, 0.6) is 0 Å². The molecule has 0 N–H and O–H groups in total. The molecule has 0 saturated heterocycles. The first-order chi connectivity index (χ1) is 6.72. The number of aromatic nitrogens is 2. The van der Waals surface area contributed by atoms with Crippen LogP contribution in [0.3, 0.4) is 0 Å². The average Bonchev–Trinajstić information content (AvgIpc) is 2.17. The molecule has 0 atom stereocenters. The van der Waals surface area contributed by atoms with Crippen LogP contribution in [0, 0.1) is 6.92 Å². The molecule has 0 unspecified atom stereocenters. The third-order valence-corrected chi connectivity index (χ3v) is 1.50. The molecule has 1 aromatic heterocycles. The van der Waals surface area contributed by atoms with Gasteiger partial charge >= 0.3 is 5.97 Å². The van der Waals surface area contributed by atoms with Crippen molar-refractivity contribution in [3.8, 4) is 0 Å². The lowest BCUT2D eigenvalue weighted by molar-refractivity contribution is -0.137. The van der Waals surface area contributed by atoms with Gasteiger partial charge in [-0.1, -0.05) is 0 Å². The Kier molecular flexibility index (Phi) is 3.79. The molecule has 4 nitrogen and oxygen atoms in total. The smallest absolute Gasteiger partial charge is 0.330 e. The fourth-order valence-electron chi connectivity index (χ4n) is 0.842. The fraction of sp³-hybridized carbons (Fsp3) is 0.300. The predicted octanol–water partition coefficient (Wildman–Crippen LogP) is 1.36. The summed E-state index contributed by atoms with van der Waals surface area (Å²) in [5.41, 5.74) is 1.49. The summed E-state index contributed by atoms with van der Waals surface area (Å²) in [4.78, 5) is 10.9. The standard InChI is InChI=1S/C10H12N2O2/c1-3-14-10(13)7-6-9-5-4-8(2)11-12-9/h4-7H,3H2,1-2H3/b7-6+. The molecule has 0 saturated carbocycles. The SMILES string of the molecule is CCOC(=O)/C=C/c1ccc(C)nn1. The lowest BCUT2D eigenvalue weighted by atomic mass is 10.3. The highest BCUT2D eigenvalue weighted by Crippen LogP contribution is 1.97. The van der Waals surface area contributed by atoms with Gasteiger partial charge in [0.15, 0.2) is 0 Å². The van der Waals surface area contributed by atoms with Gasteiger partial charge in [-0.2, -0.15) is 10.2 Å². The van der Waals surface area contributed by atoms with Gasteiger partial charge < -0.3 is 4.74 Å². The third kappa shape index (κ3) is 3.35. The normalized spacial score (nSPS) is 10.4. The first-order valence-corrected chi connectivity index (χ1v) is 4.37. The van der Waals surface area contributed by atoms with Gasteiger partial charge in [-0.15, -0.1) is 0 Å². The summed E-state index contributed by atoms with van der Waals surface area (Å²) in [6.45, 7) is 3.99.